The average molecular weight is 316 g/mol. The summed E-state index contributed by atoms with van der Waals surface area (Å²) >= 11 is 9.22. The Bertz CT molecular complexity index is 470. The predicted octanol–water partition coefficient (Wildman–Crippen LogP) is 2.05. The molecule has 2 N–H and O–H groups in total. The van der Waals surface area contributed by atoms with Crippen LogP contribution in [-0.2, 0) is 0 Å². The summed E-state index contributed by atoms with van der Waals surface area (Å²) in [5.41, 5.74) is 0.652. The first-order chi connectivity index (χ1) is 8.16. The van der Waals surface area contributed by atoms with Gasteiger partial charge in [-0.25, -0.2) is 0 Å². The first-order valence-corrected chi connectivity index (χ1v) is 6.80. The van der Waals surface area contributed by atoms with Gasteiger partial charge in [-0.15, -0.1) is 0 Å². The first kappa shape index (κ1) is 11.5. The van der Waals surface area contributed by atoms with E-state index in [-0.39, 0.29) is 5.91 Å². The van der Waals surface area contributed by atoms with E-state index in [0.29, 0.717) is 28.5 Å². The van der Waals surface area contributed by atoms with E-state index in [0.717, 1.165) is 17.6 Å². The molecule has 2 fully saturated rings. The Labute approximate surface area is 113 Å². The lowest BCUT2D eigenvalue weighted by Crippen LogP contribution is -2.32. The van der Waals surface area contributed by atoms with Crippen LogP contribution in [0.5, 0.6) is 0 Å². The highest BCUT2D eigenvalue weighted by Crippen LogP contribution is 2.41. The van der Waals surface area contributed by atoms with E-state index in [1.807, 2.05) is 0 Å². The maximum Gasteiger partial charge on any atom is 0.251 e. The fourth-order valence-electron chi connectivity index (χ4n) is 2.50. The van der Waals surface area contributed by atoms with Gasteiger partial charge in [-0.05, 0) is 46.0 Å². The van der Waals surface area contributed by atoms with Crippen LogP contribution < -0.4 is 10.6 Å². The zero-order chi connectivity index (χ0) is 12.0. The van der Waals surface area contributed by atoms with Gasteiger partial charge in [0.25, 0.3) is 5.91 Å². The Morgan fingerprint density at radius 2 is 2.12 bits per heavy atom. The quantitative estimate of drug-likeness (QED) is 0.877. The van der Waals surface area contributed by atoms with Crippen molar-refractivity contribution in [3.8, 4) is 0 Å². The van der Waals surface area contributed by atoms with Crippen LogP contribution in [0.25, 0.3) is 0 Å². The summed E-state index contributed by atoms with van der Waals surface area (Å²) < 4.78 is 0.754. The second-order valence-electron chi connectivity index (χ2n) is 4.61. The van der Waals surface area contributed by atoms with E-state index in [4.69, 9.17) is 11.6 Å². The van der Waals surface area contributed by atoms with Gasteiger partial charge in [-0.3, -0.25) is 4.79 Å². The summed E-state index contributed by atoms with van der Waals surface area (Å²) in [6.07, 6.45) is 0. The van der Waals surface area contributed by atoms with Crippen molar-refractivity contribution in [2.75, 3.05) is 13.1 Å². The van der Waals surface area contributed by atoms with Crippen LogP contribution in [-0.4, -0.2) is 25.0 Å². The molecule has 1 aromatic carbocycles. The maximum absolute atomic E-state index is 12.0. The lowest BCUT2D eigenvalue weighted by molar-refractivity contribution is 0.0946. The molecular formula is C12H12BrClN2O. The molecule has 5 heteroatoms. The number of carbonyl (C=O) groups excluding carboxylic acids is 1. The molecule has 1 amide bonds. The number of halogens is 2. The molecular weight excluding hydrogens is 304 g/mol. The summed E-state index contributed by atoms with van der Waals surface area (Å²) in [6, 6.07) is 5.60. The number of hydrogen-bond donors (Lipinski definition) is 2. The molecule has 3 nitrogen and oxygen atoms in total. The van der Waals surface area contributed by atoms with Crippen molar-refractivity contribution in [2.24, 2.45) is 11.8 Å². The van der Waals surface area contributed by atoms with E-state index in [1.54, 1.807) is 18.2 Å². The number of amides is 1. The Morgan fingerprint density at radius 1 is 1.41 bits per heavy atom. The minimum atomic E-state index is -0.0123. The number of piperidine rings is 1. The zero-order valence-electron chi connectivity index (χ0n) is 9.04. The summed E-state index contributed by atoms with van der Waals surface area (Å²) in [6.45, 7) is 2.06. The molecule has 2 atom stereocenters. The Hall–Kier alpha value is -0.580. The SMILES string of the molecule is O=C(NC1C2CNCC21)c1ccc(Cl)c(Br)c1. The van der Waals surface area contributed by atoms with Gasteiger partial charge in [0.05, 0.1) is 5.02 Å². The molecule has 90 valence electrons. The Kier molecular flexibility index (Phi) is 2.89. The van der Waals surface area contributed by atoms with E-state index in [2.05, 4.69) is 26.6 Å². The molecule has 0 spiro atoms. The molecule has 17 heavy (non-hydrogen) atoms. The average Bonchev–Trinajstić information content (AvgIpc) is 2.76. The second kappa shape index (κ2) is 4.26. The zero-order valence-corrected chi connectivity index (χ0v) is 11.4. The van der Waals surface area contributed by atoms with E-state index in [1.165, 1.54) is 0 Å². The first-order valence-electron chi connectivity index (χ1n) is 5.63. The van der Waals surface area contributed by atoms with Gasteiger partial charge in [0.1, 0.15) is 0 Å². The molecule has 2 aliphatic rings. The molecule has 1 aromatic rings. The van der Waals surface area contributed by atoms with Crippen LogP contribution in [0.4, 0.5) is 0 Å². The molecule has 0 radical (unpaired) electrons. The van der Waals surface area contributed by atoms with Gasteiger partial charge < -0.3 is 10.6 Å². The van der Waals surface area contributed by atoms with Gasteiger partial charge in [0, 0.05) is 29.2 Å². The molecule has 2 unspecified atom stereocenters. The highest BCUT2D eigenvalue weighted by atomic mass is 79.9. The van der Waals surface area contributed by atoms with Crippen molar-refractivity contribution in [1.82, 2.24) is 10.6 Å². The summed E-state index contributed by atoms with van der Waals surface area (Å²) in [7, 11) is 0. The number of rotatable bonds is 2. The van der Waals surface area contributed by atoms with Crippen LogP contribution in [0, 0.1) is 11.8 Å². The molecule has 1 saturated carbocycles. The normalized spacial score (nSPS) is 29.9. The third-order valence-corrected chi connectivity index (χ3v) is 4.79. The highest BCUT2D eigenvalue weighted by molar-refractivity contribution is 9.10. The predicted molar refractivity (Wildman–Crippen MR) is 70.3 cm³/mol. The van der Waals surface area contributed by atoms with Crippen LogP contribution in [0.15, 0.2) is 22.7 Å². The van der Waals surface area contributed by atoms with Crippen molar-refractivity contribution < 1.29 is 4.79 Å². The minimum Gasteiger partial charge on any atom is -0.349 e. The maximum atomic E-state index is 12.0. The highest BCUT2D eigenvalue weighted by Gasteiger charge is 2.53. The molecule has 1 aliphatic carbocycles. The fraction of sp³-hybridized carbons (Fsp3) is 0.417. The summed E-state index contributed by atoms with van der Waals surface area (Å²) in [5.74, 6) is 1.26. The topological polar surface area (TPSA) is 41.1 Å². The van der Waals surface area contributed by atoms with Crippen molar-refractivity contribution in [2.45, 2.75) is 6.04 Å². The molecule has 1 saturated heterocycles. The van der Waals surface area contributed by atoms with Crippen LogP contribution >= 0.6 is 27.5 Å². The molecule has 1 aliphatic heterocycles. The molecule has 0 aromatic heterocycles. The summed E-state index contributed by atoms with van der Waals surface area (Å²) in [5, 5.41) is 7.00. The number of fused-ring (bicyclic) bond motifs is 1. The van der Waals surface area contributed by atoms with Gasteiger partial charge in [-0.1, -0.05) is 11.6 Å². The van der Waals surface area contributed by atoms with Crippen LogP contribution in [0.1, 0.15) is 10.4 Å². The van der Waals surface area contributed by atoms with Crippen molar-refractivity contribution in [3.05, 3.63) is 33.3 Å². The Morgan fingerprint density at radius 3 is 2.76 bits per heavy atom. The fourth-order valence-corrected chi connectivity index (χ4v) is 3.00. The lowest BCUT2D eigenvalue weighted by Gasteiger charge is -2.08. The third-order valence-electron chi connectivity index (χ3n) is 3.57. The monoisotopic (exact) mass is 314 g/mol. The van der Waals surface area contributed by atoms with E-state index in [9.17, 15) is 4.79 Å². The van der Waals surface area contributed by atoms with E-state index < -0.39 is 0 Å². The van der Waals surface area contributed by atoms with Crippen molar-refractivity contribution in [1.29, 1.82) is 0 Å². The number of carbonyl (C=O) groups is 1. The van der Waals surface area contributed by atoms with Crippen LogP contribution in [0.3, 0.4) is 0 Å². The largest absolute Gasteiger partial charge is 0.349 e. The molecule has 0 bridgehead atoms. The summed E-state index contributed by atoms with van der Waals surface area (Å²) in [4.78, 5) is 12.0. The van der Waals surface area contributed by atoms with E-state index >= 15 is 0 Å². The smallest absolute Gasteiger partial charge is 0.251 e. The van der Waals surface area contributed by atoms with Gasteiger partial charge in [0.2, 0.25) is 0 Å². The molecule has 1 heterocycles. The second-order valence-corrected chi connectivity index (χ2v) is 5.88. The number of hydrogen-bond acceptors (Lipinski definition) is 2. The number of benzene rings is 1. The lowest BCUT2D eigenvalue weighted by atomic mass is 10.2. The van der Waals surface area contributed by atoms with Gasteiger partial charge in [-0.2, -0.15) is 0 Å². The van der Waals surface area contributed by atoms with Gasteiger partial charge in [0.15, 0.2) is 0 Å². The van der Waals surface area contributed by atoms with Crippen LogP contribution in [0.2, 0.25) is 5.02 Å². The standard InChI is InChI=1S/C12H12BrClN2O/c13-9-3-6(1-2-10(9)14)12(17)16-11-7-4-15-5-8(7)11/h1-3,7-8,11,15H,4-5H2,(H,16,17). The Balaban J connectivity index is 1.68. The van der Waals surface area contributed by atoms with Gasteiger partial charge >= 0.3 is 0 Å². The van der Waals surface area contributed by atoms with Crippen molar-refractivity contribution >= 4 is 33.4 Å². The van der Waals surface area contributed by atoms with Crippen molar-refractivity contribution in [3.63, 3.8) is 0 Å². The third kappa shape index (κ3) is 2.09. The minimum absolute atomic E-state index is 0.0123. The number of nitrogens with one attached hydrogen (secondary N) is 2. The molecule has 3 rings (SSSR count).